The molecule has 1 aliphatic heterocycles. The monoisotopic (exact) mass is 492 g/mol. The highest BCUT2D eigenvalue weighted by Crippen LogP contribution is 2.30. The third kappa shape index (κ3) is 4.66. The zero-order chi connectivity index (χ0) is 22.9. The molecule has 1 saturated heterocycles. The minimum atomic E-state index is -3.70. The minimum absolute atomic E-state index is 0.115. The van der Waals surface area contributed by atoms with Crippen molar-refractivity contribution in [2.75, 3.05) is 25.5 Å². The molecule has 1 aromatic heterocycles. The van der Waals surface area contributed by atoms with E-state index in [0.717, 1.165) is 10.1 Å². The molecule has 0 unspecified atom stereocenters. The Hall–Kier alpha value is -2.46. The highest BCUT2D eigenvalue weighted by Gasteiger charge is 2.33. The van der Waals surface area contributed by atoms with Gasteiger partial charge in [-0.15, -0.1) is 11.3 Å². The first-order valence-electron chi connectivity index (χ1n) is 9.96. The molecular formula is C22H21ClN2O5S2. The molecule has 32 heavy (non-hydrogen) atoms. The Kier molecular flexibility index (Phi) is 6.52. The molecule has 2 heterocycles. The first kappa shape index (κ1) is 22.7. The van der Waals surface area contributed by atoms with Crippen LogP contribution < -0.4 is 5.32 Å². The van der Waals surface area contributed by atoms with Crippen LogP contribution in [0.4, 0.5) is 5.69 Å². The van der Waals surface area contributed by atoms with Crippen LogP contribution in [-0.4, -0.2) is 44.8 Å². The van der Waals surface area contributed by atoms with Gasteiger partial charge < -0.3 is 10.1 Å². The van der Waals surface area contributed by atoms with Gasteiger partial charge in [0.2, 0.25) is 15.9 Å². The van der Waals surface area contributed by atoms with E-state index in [9.17, 15) is 18.0 Å². The third-order valence-electron chi connectivity index (χ3n) is 5.38. The number of anilines is 1. The fourth-order valence-corrected chi connectivity index (χ4v) is 6.31. The summed E-state index contributed by atoms with van der Waals surface area (Å²) in [6.45, 7) is 0.482. The van der Waals surface area contributed by atoms with Gasteiger partial charge in [0.05, 0.1) is 17.9 Å². The van der Waals surface area contributed by atoms with E-state index in [0.29, 0.717) is 35.0 Å². The lowest BCUT2D eigenvalue weighted by Crippen LogP contribution is -2.43. The van der Waals surface area contributed by atoms with Crippen LogP contribution in [0.25, 0.3) is 10.1 Å². The van der Waals surface area contributed by atoms with Gasteiger partial charge in [0.25, 0.3) is 0 Å². The second-order valence-corrected chi connectivity index (χ2v) is 11.0. The van der Waals surface area contributed by atoms with Gasteiger partial charge in [-0.2, -0.15) is 4.31 Å². The number of methoxy groups -OCH3 is 1. The summed E-state index contributed by atoms with van der Waals surface area (Å²) in [4.78, 5) is 25.3. The number of nitrogens with one attached hydrogen (secondary N) is 1. The normalized spacial score (nSPS) is 17.2. The number of esters is 1. The lowest BCUT2D eigenvalue weighted by molar-refractivity contribution is -0.120. The summed E-state index contributed by atoms with van der Waals surface area (Å²) in [6, 6.07) is 13.1. The van der Waals surface area contributed by atoms with Gasteiger partial charge in [-0.3, -0.25) is 4.79 Å². The van der Waals surface area contributed by atoms with Crippen molar-refractivity contribution in [2.24, 2.45) is 5.92 Å². The Morgan fingerprint density at radius 2 is 1.91 bits per heavy atom. The molecule has 10 heteroatoms. The van der Waals surface area contributed by atoms with E-state index in [1.807, 2.05) is 6.07 Å². The first-order valence-corrected chi connectivity index (χ1v) is 12.6. The van der Waals surface area contributed by atoms with E-state index in [1.165, 1.54) is 47.0 Å². The number of hydrogen-bond acceptors (Lipinski definition) is 6. The van der Waals surface area contributed by atoms with E-state index in [1.54, 1.807) is 18.2 Å². The summed E-state index contributed by atoms with van der Waals surface area (Å²) < 4.78 is 33.0. The number of benzene rings is 2. The maximum absolute atomic E-state index is 13.0. The molecule has 4 rings (SSSR count). The average Bonchev–Trinajstić information content (AvgIpc) is 3.22. The summed E-state index contributed by atoms with van der Waals surface area (Å²) in [5.74, 6) is -1.10. The Morgan fingerprint density at radius 3 is 2.62 bits per heavy atom. The lowest BCUT2D eigenvalue weighted by Gasteiger charge is -2.31. The number of carbonyl (C=O) groups is 2. The molecule has 0 bridgehead atoms. The summed E-state index contributed by atoms with van der Waals surface area (Å²) in [6.07, 6.45) is 1.20. The summed E-state index contributed by atoms with van der Waals surface area (Å²) >= 11 is 7.18. The summed E-state index contributed by atoms with van der Waals surface area (Å²) in [7, 11) is -2.37. The van der Waals surface area contributed by atoms with Crippen molar-refractivity contribution >= 4 is 60.6 Å². The number of hydrogen-bond donors (Lipinski definition) is 1. The Balaban J connectivity index is 1.47. The minimum Gasteiger partial charge on any atom is -0.465 e. The zero-order valence-electron chi connectivity index (χ0n) is 17.2. The maximum Gasteiger partial charge on any atom is 0.348 e. The Bertz CT molecular complexity index is 1270. The molecule has 2 aromatic carbocycles. The molecule has 1 fully saturated rings. The highest BCUT2D eigenvalue weighted by molar-refractivity contribution is 7.89. The van der Waals surface area contributed by atoms with Gasteiger partial charge in [0.15, 0.2) is 0 Å². The molecule has 0 radical (unpaired) electrons. The average molecular weight is 493 g/mol. The number of rotatable bonds is 5. The van der Waals surface area contributed by atoms with Gasteiger partial charge in [-0.25, -0.2) is 13.2 Å². The Labute approximate surface area is 195 Å². The number of thiophene rings is 1. The lowest BCUT2D eigenvalue weighted by atomic mass is 9.98. The molecule has 0 saturated carbocycles. The zero-order valence-corrected chi connectivity index (χ0v) is 19.6. The predicted molar refractivity (Wildman–Crippen MR) is 125 cm³/mol. The van der Waals surface area contributed by atoms with E-state index in [2.05, 4.69) is 5.32 Å². The van der Waals surface area contributed by atoms with Crippen LogP contribution in [0.15, 0.2) is 53.4 Å². The van der Waals surface area contributed by atoms with Crippen LogP contribution in [0, 0.1) is 5.92 Å². The maximum atomic E-state index is 13.0. The van der Waals surface area contributed by atoms with E-state index >= 15 is 0 Å². The van der Waals surface area contributed by atoms with Crippen molar-refractivity contribution in [1.82, 2.24) is 4.31 Å². The van der Waals surface area contributed by atoms with Crippen LogP contribution in [0.5, 0.6) is 0 Å². The molecule has 1 atom stereocenters. The van der Waals surface area contributed by atoms with Crippen LogP contribution >= 0.6 is 22.9 Å². The van der Waals surface area contributed by atoms with Crippen molar-refractivity contribution in [2.45, 2.75) is 17.7 Å². The highest BCUT2D eigenvalue weighted by atomic mass is 35.5. The van der Waals surface area contributed by atoms with Gasteiger partial charge >= 0.3 is 5.97 Å². The third-order valence-corrected chi connectivity index (χ3v) is 8.60. The molecule has 1 amide bonds. The number of carbonyl (C=O) groups excluding carboxylic acids is 2. The van der Waals surface area contributed by atoms with Gasteiger partial charge in [-0.05, 0) is 66.8 Å². The van der Waals surface area contributed by atoms with E-state index < -0.39 is 21.9 Å². The number of fused-ring (bicyclic) bond motifs is 1. The van der Waals surface area contributed by atoms with Gasteiger partial charge in [-0.1, -0.05) is 11.6 Å². The largest absolute Gasteiger partial charge is 0.465 e. The molecular weight excluding hydrogens is 472 g/mol. The molecule has 0 spiro atoms. The number of nitrogens with zero attached hydrogens (tertiary/aromatic N) is 1. The van der Waals surface area contributed by atoms with Crippen molar-refractivity contribution in [3.05, 3.63) is 58.4 Å². The predicted octanol–water partition coefficient (Wildman–Crippen LogP) is 4.38. The number of ether oxygens (including phenoxy) is 1. The second kappa shape index (κ2) is 9.19. The van der Waals surface area contributed by atoms with Gasteiger partial charge in [0, 0.05) is 28.5 Å². The molecule has 168 valence electrons. The molecule has 1 aliphatic rings. The quantitative estimate of drug-likeness (QED) is 0.533. The van der Waals surface area contributed by atoms with Gasteiger partial charge in [0.1, 0.15) is 4.88 Å². The fourth-order valence-electron chi connectivity index (χ4n) is 3.70. The topological polar surface area (TPSA) is 92.8 Å². The van der Waals surface area contributed by atoms with Crippen LogP contribution in [0.1, 0.15) is 22.5 Å². The summed E-state index contributed by atoms with van der Waals surface area (Å²) in [5, 5.41) is 4.17. The number of amides is 1. The number of halogens is 1. The standard InChI is InChI=1S/C22H21ClN2O5S2/c1-30-22(27)20-12-15-11-17(6-9-19(15)31-20)24-21(26)14-3-2-10-25(13-14)32(28,29)18-7-4-16(23)5-8-18/h4-9,11-12,14H,2-3,10,13H2,1H3,(H,24,26)/t14-/m0/s1. The SMILES string of the molecule is COC(=O)c1cc2cc(NC(=O)[C@H]3CCCN(S(=O)(=O)c4ccc(Cl)cc4)C3)ccc2s1. The van der Waals surface area contributed by atoms with Crippen LogP contribution in [0.3, 0.4) is 0 Å². The molecule has 3 aromatic rings. The molecule has 0 aliphatic carbocycles. The first-order chi connectivity index (χ1) is 15.3. The molecule has 7 nitrogen and oxygen atoms in total. The van der Waals surface area contributed by atoms with E-state index in [-0.39, 0.29) is 17.3 Å². The van der Waals surface area contributed by atoms with Crippen LogP contribution in [0.2, 0.25) is 5.02 Å². The second-order valence-electron chi connectivity index (χ2n) is 7.50. The smallest absolute Gasteiger partial charge is 0.348 e. The van der Waals surface area contributed by atoms with Crippen molar-refractivity contribution in [3.8, 4) is 0 Å². The van der Waals surface area contributed by atoms with Crippen molar-refractivity contribution in [3.63, 3.8) is 0 Å². The number of sulfonamides is 1. The number of piperidine rings is 1. The van der Waals surface area contributed by atoms with E-state index in [4.69, 9.17) is 16.3 Å². The summed E-state index contributed by atoms with van der Waals surface area (Å²) in [5.41, 5.74) is 0.592. The van der Waals surface area contributed by atoms with Crippen molar-refractivity contribution < 1.29 is 22.7 Å². The van der Waals surface area contributed by atoms with Crippen molar-refractivity contribution in [1.29, 1.82) is 0 Å². The van der Waals surface area contributed by atoms with Crippen LogP contribution in [-0.2, 0) is 19.6 Å². The molecule has 1 N–H and O–H groups in total. The Morgan fingerprint density at radius 1 is 1.16 bits per heavy atom. The fraction of sp³-hybridized carbons (Fsp3) is 0.273.